The Bertz CT molecular complexity index is 1090. The van der Waals surface area contributed by atoms with Crippen molar-refractivity contribution in [2.24, 2.45) is 0 Å². The van der Waals surface area contributed by atoms with Gasteiger partial charge in [-0.05, 0) is 55.5 Å². The molecule has 0 saturated heterocycles. The molecule has 6 heteroatoms. The van der Waals surface area contributed by atoms with E-state index in [4.69, 9.17) is 9.15 Å². The van der Waals surface area contributed by atoms with Crippen molar-refractivity contribution in [3.05, 3.63) is 83.6 Å². The molecule has 6 nitrogen and oxygen atoms in total. The van der Waals surface area contributed by atoms with Gasteiger partial charge in [0.05, 0.1) is 12.2 Å². The predicted molar refractivity (Wildman–Crippen MR) is 114 cm³/mol. The molecule has 0 radical (unpaired) electrons. The zero-order valence-corrected chi connectivity index (χ0v) is 16.7. The molecule has 152 valence electrons. The maximum Gasteiger partial charge on any atom is 0.338 e. The Morgan fingerprint density at radius 1 is 1.00 bits per heavy atom. The molecule has 2 aromatic carbocycles. The Balaban J connectivity index is 1.69. The Hall–Kier alpha value is -3.93. The van der Waals surface area contributed by atoms with E-state index in [9.17, 15) is 14.4 Å². The van der Waals surface area contributed by atoms with Crippen molar-refractivity contribution in [2.75, 3.05) is 11.9 Å². The van der Waals surface area contributed by atoms with Crippen LogP contribution in [-0.2, 0) is 9.53 Å². The van der Waals surface area contributed by atoms with Crippen LogP contribution in [0.3, 0.4) is 0 Å². The number of carbonyl (C=O) groups excluding carboxylic acids is 3. The summed E-state index contributed by atoms with van der Waals surface area (Å²) < 4.78 is 10.7. The number of furan rings is 1. The highest BCUT2D eigenvalue weighted by atomic mass is 16.5. The fraction of sp³-hybridized carbons (Fsp3) is 0.125. The quantitative estimate of drug-likeness (QED) is 0.342. The topological polar surface area (TPSA) is 85.6 Å². The standard InChI is InChI=1S/C24H21NO5/c1-3-29-24(28)18-9-7-17(8-10-18)23-14-12-21(30-23)11-13-22(27)19-5-4-6-20(15-19)25-16(2)26/h4-15H,3H2,1-2H3,(H,25,26)/b13-11+. The van der Waals surface area contributed by atoms with Gasteiger partial charge in [-0.1, -0.05) is 24.3 Å². The average molecular weight is 403 g/mol. The summed E-state index contributed by atoms with van der Waals surface area (Å²) in [7, 11) is 0. The number of benzene rings is 2. The smallest absolute Gasteiger partial charge is 0.338 e. The highest BCUT2D eigenvalue weighted by molar-refractivity contribution is 6.07. The van der Waals surface area contributed by atoms with Gasteiger partial charge in [-0.25, -0.2) is 4.79 Å². The molecule has 0 aliphatic rings. The molecule has 0 aliphatic carbocycles. The summed E-state index contributed by atoms with van der Waals surface area (Å²) in [6.07, 6.45) is 3.00. The van der Waals surface area contributed by atoms with Gasteiger partial charge in [-0.2, -0.15) is 0 Å². The molecular weight excluding hydrogens is 382 g/mol. The van der Waals surface area contributed by atoms with E-state index in [-0.39, 0.29) is 17.7 Å². The first-order valence-corrected chi connectivity index (χ1v) is 9.43. The lowest BCUT2D eigenvalue weighted by Gasteiger charge is -2.03. The third-order valence-corrected chi connectivity index (χ3v) is 4.17. The maximum atomic E-state index is 12.4. The van der Waals surface area contributed by atoms with Crippen molar-refractivity contribution in [3.63, 3.8) is 0 Å². The molecule has 0 atom stereocenters. The molecule has 30 heavy (non-hydrogen) atoms. The highest BCUT2D eigenvalue weighted by Crippen LogP contribution is 2.23. The monoisotopic (exact) mass is 403 g/mol. The van der Waals surface area contributed by atoms with Crippen molar-refractivity contribution in [1.82, 2.24) is 0 Å². The molecule has 1 N–H and O–H groups in total. The van der Waals surface area contributed by atoms with Crippen molar-refractivity contribution in [1.29, 1.82) is 0 Å². The highest BCUT2D eigenvalue weighted by Gasteiger charge is 2.09. The van der Waals surface area contributed by atoms with Crippen LogP contribution in [0.1, 0.15) is 40.3 Å². The molecule has 1 amide bonds. The molecule has 0 spiro atoms. The first-order valence-electron chi connectivity index (χ1n) is 9.43. The van der Waals surface area contributed by atoms with Crippen LogP contribution in [0.15, 0.2) is 71.2 Å². The second-order valence-electron chi connectivity index (χ2n) is 6.46. The number of allylic oxidation sites excluding steroid dienone is 1. The second kappa shape index (κ2) is 9.52. The van der Waals surface area contributed by atoms with Gasteiger partial charge in [0.1, 0.15) is 11.5 Å². The maximum absolute atomic E-state index is 12.4. The molecule has 0 unspecified atom stereocenters. The number of carbonyl (C=O) groups is 3. The molecule has 0 fully saturated rings. The summed E-state index contributed by atoms with van der Waals surface area (Å²) in [5.74, 6) is 0.358. The van der Waals surface area contributed by atoms with E-state index < -0.39 is 0 Å². The van der Waals surface area contributed by atoms with Gasteiger partial charge >= 0.3 is 5.97 Å². The third-order valence-electron chi connectivity index (χ3n) is 4.17. The van der Waals surface area contributed by atoms with Crippen LogP contribution in [0.4, 0.5) is 5.69 Å². The number of amides is 1. The lowest BCUT2D eigenvalue weighted by Crippen LogP contribution is -2.06. The Morgan fingerprint density at radius 3 is 2.47 bits per heavy atom. The molecule has 1 aromatic heterocycles. The van der Waals surface area contributed by atoms with Crippen LogP contribution in [0, 0.1) is 0 Å². The van der Waals surface area contributed by atoms with Crippen molar-refractivity contribution >= 4 is 29.4 Å². The minimum absolute atomic E-state index is 0.200. The summed E-state index contributed by atoms with van der Waals surface area (Å²) in [5, 5.41) is 2.65. The minimum atomic E-state index is -0.367. The van der Waals surface area contributed by atoms with E-state index in [1.807, 2.05) is 0 Å². The average Bonchev–Trinajstić information content (AvgIpc) is 3.21. The van der Waals surface area contributed by atoms with Crippen LogP contribution in [0.2, 0.25) is 0 Å². The zero-order valence-electron chi connectivity index (χ0n) is 16.7. The van der Waals surface area contributed by atoms with Crippen LogP contribution in [0.25, 0.3) is 17.4 Å². The molecular formula is C24H21NO5. The number of hydrogen-bond acceptors (Lipinski definition) is 5. The van der Waals surface area contributed by atoms with Crippen LogP contribution in [-0.4, -0.2) is 24.3 Å². The SMILES string of the molecule is CCOC(=O)c1ccc(-c2ccc(/C=C/C(=O)c3cccc(NC(C)=O)c3)o2)cc1. The van der Waals surface area contributed by atoms with Crippen LogP contribution < -0.4 is 5.32 Å². The Kier molecular flexibility index (Phi) is 6.60. The first-order chi connectivity index (χ1) is 14.5. The molecule has 0 aliphatic heterocycles. The normalized spacial score (nSPS) is 10.7. The van der Waals surface area contributed by atoms with Gasteiger partial charge in [0.2, 0.25) is 5.91 Å². The number of rotatable bonds is 7. The first kappa shape index (κ1) is 20.8. The number of esters is 1. The summed E-state index contributed by atoms with van der Waals surface area (Å²) in [6.45, 7) is 3.49. The zero-order chi connectivity index (χ0) is 21.5. The molecule has 3 rings (SSSR count). The van der Waals surface area contributed by atoms with Gasteiger partial charge in [0.15, 0.2) is 5.78 Å². The van der Waals surface area contributed by atoms with E-state index in [0.29, 0.717) is 34.9 Å². The number of ketones is 1. The number of anilines is 1. The number of nitrogens with one attached hydrogen (secondary N) is 1. The van der Waals surface area contributed by atoms with E-state index >= 15 is 0 Å². The van der Waals surface area contributed by atoms with E-state index in [2.05, 4.69) is 5.32 Å². The van der Waals surface area contributed by atoms with Crippen molar-refractivity contribution in [3.8, 4) is 11.3 Å². The summed E-state index contributed by atoms with van der Waals surface area (Å²) in [6, 6.07) is 17.2. The minimum Gasteiger partial charge on any atom is -0.462 e. The van der Waals surface area contributed by atoms with Crippen LogP contribution in [0.5, 0.6) is 0 Å². The summed E-state index contributed by atoms with van der Waals surface area (Å²) in [5.41, 5.74) is 2.29. The molecule has 0 saturated carbocycles. The van der Waals surface area contributed by atoms with Crippen molar-refractivity contribution < 1.29 is 23.5 Å². The molecule has 1 heterocycles. The largest absolute Gasteiger partial charge is 0.462 e. The Labute approximate surface area is 174 Å². The molecule has 3 aromatic rings. The van der Waals surface area contributed by atoms with Crippen molar-refractivity contribution in [2.45, 2.75) is 13.8 Å². The van der Waals surface area contributed by atoms with Gasteiger partial charge in [0.25, 0.3) is 0 Å². The lowest BCUT2D eigenvalue weighted by atomic mass is 10.1. The molecule has 0 bridgehead atoms. The fourth-order valence-electron chi connectivity index (χ4n) is 2.79. The second-order valence-corrected chi connectivity index (χ2v) is 6.46. The van der Waals surface area contributed by atoms with Crippen LogP contribution >= 0.6 is 0 Å². The van der Waals surface area contributed by atoms with Gasteiger partial charge in [0, 0.05) is 23.7 Å². The number of hydrogen-bond donors (Lipinski definition) is 1. The van der Waals surface area contributed by atoms with Gasteiger partial charge in [-0.3, -0.25) is 9.59 Å². The van der Waals surface area contributed by atoms with E-state index in [1.54, 1.807) is 73.7 Å². The summed E-state index contributed by atoms with van der Waals surface area (Å²) in [4.78, 5) is 35.3. The van der Waals surface area contributed by atoms with Gasteiger partial charge in [-0.15, -0.1) is 0 Å². The third kappa shape index (κ3) is 5.32. The fourth-order valence-corrected chi connectivity index (χ4v) is 2.79. The van der Waals surface area contributed by atoms with Gasteiger partial charge < -0.3 is 14.5 Å². The Morgan fingerprint density at radius 2 is 1.77 bits per heavy atom. The lowest BCUT2D eigenvalue weighted by molar-refractivity contribution is -0.114. The van der Waals surface area contributed by atoms with E-state index in [1.165, 1.54) is 13.0 Å². The van der Waals surface area contributed by atoms with E-state index in [0.717, 1.165) is 5.56 Å². The summed E-state index contributed by atoms with van der Waals surface area (Å²) >= 11 is 0. The number of ether oxygens (including phenoxy) is 1. The predicted octanol–water partition coefficient (Wildman–Crippen LogP) is 4.98.